The van der Waals surface area contributed by atoms with Gasteiger partial charge in [0, 0.05) is 40.4 Å². The maximum Gasteiger partial charge on any atom is 0.263 e. The number of fused-ring (bicyclic) bond motifs is 5. The minimum atomic E-state index is -1.50. The lowest BCUT2D eigenvalue weighted by Crippen LogP contribution is -2.48. The normalized spacial score (nSPS) is 20.1. The van der Waals surface area contributed by atoms with Gasteiger partial charge in [0.1, 0.15) is 16.7 Å². The molecule has 3 unspecified atom stereocenters. The molecule has 2 aliphatic heterocycles. The molecule has 0 radical (unpaired) electrons. The van der Waals surface area contributed by atoms with Crippen LogP contribution in [0, 0.1) is 0 Å². The van der Waals surface area contributed by atoms with Gasteiger partial charge in [-0.3, -0.25) is 19.0 Å². The van der Waals surface area contributed by atoms with Gasteiger partial charge in [-0.2, -0.15) is 5.10 Å². The largest absolute Gasteiger partial charge is 0.497 e. The van der Waals surface area contributed by atoms with Crippen LogP contribution in [0.1, 0.15) is 124 Å². The second-order valence-corrected chi connectivity index (χ2v) is 18.0. The van der Waals surface area contributed by atoms with Gasteiger partial charge in [0.15, 0.2) is 0 Å². The fourth-order valence-corrected chi connectivity index (χ4v) is 8.97. The van der Waals surface area contributed by atoms with Crippen LogP contribution in [-0.2, 0) is 27.8 Å². The highest BCUT2D eigenvalue weighted by Crippen LogP contribution is 2.48. The fraction of sp³-hybridized carbons (Fsp3) is 0.500. The van der Waals surface area contributed by atoms with E-state index < -0.39 is 16.5 Å². The first-order chi connectivity index (χ1) is 25.2. The summed E-state index contributed by atoms with van der Waals surface area (Å²) >= 11 is 0. The van der Waals surface area contributed by atoms with Crippen LogP contribution < -0.4 is 9.46 Å². The molecule has 0 bridgehead atoms. The van der Waals surface area contributed by atoms with Crippen LogP contribution >= 0.6 is 0 Å². The molecule has 10 nitrogen and oxygen atoms in total. The van der Waals surface area contributed by atoms with Crippen molar-refractivity contribution in [3.8, 4) is 17.0 Å². The maximum atomic E-state index is 14.5. The Morgan fingerprint density at radius 3 is 2.38 bits per heavy atom. The van der Waals surface area contributed by atoms with E-state index in [1.165, 1.54) is 24.8 Å². The molecule has 1 saturated carbocycles. The molecule has 0 spiro atoms. The van der Waals surface area contributed by atoms with Crippen LogP contribution in [0.5, 0.6) is 5.75 Å². The third-order valence-corrected chi connectivity index (χ3v) is 12.1. The number of rotatable bonds is 7. The number of amides is 2. The van der Waals surface area contributed by atoms with E-state index in [1.807, 2.05) is 55.5 Å². The van der Waals surface area contributed by atoms with Gasteiger partial charge < -0.3 is 18.9 Å². The first kappa shape index (κ1) is 37.1. The Hall–Kier alpha value is -4.22. The zero-order valence-electron chi connectivity index (χ0n) is 32.3. The van der Waals surface area contributed by atoms with Crippen LogP contribution in [0.2, 0.25) is 0 Å². The molecule has 282 valence electrons. The SMILES string of the molecule is COc1ccc2c(c1)C=C(c1c(C(=O)N3CC(C)OC(C)C3)cnn1C(C)(C)C)Cn1c-2c(C2CCCCC2)c2ccc(C(=O)NS(=O)C(C)C)cc21. The Kier molecular flexibility index (Phi) is 10.2. The summed E-state index contributed by atoms with van der Waals surface area (Å²) in [5.74, 6) is 0.675. The number of morpholine rings is 1. The number of hydrogen-bond acceptors (Lipinski definition) is 6. The highest BCUT2D eigenvalue weighted by Gasteiger charge is 2.35. The molecule has 2 aromatic carbocycles. The van der Waals surface area contributed by atoms with Gasteiger partial charge in [0.05, 0.1) is 54.5 Å². The maximum absolute atomic E-state index is 14.5. The summed E-state index contributed by atoms with van der Waals surface area (Å²) in [6.07, 6.45) is 9.55. The van der Waals surface area contributed by atoms with Gasteiger partial charge >= 0.3 is 0 Å². The summed E-state index contributed by atoms with van der Waals surface area (Å²) in [5.41, 5.74) is 7.73. The number of methoxy groups -OCH3 is 1. The Morgan fingerprint density at radius 1 is 1.00 bits per heavy atom. The molecule has 1 saturated heterocycles. The van der Waals surface area contributed by atoms with E-state index in [-0.39, 0.29) is 29.3 Å². The van der Waals surface area contributed by atoms with Gasteiger partial charge in [-0.15, -0.1) is 0 Å². The molecular weight excluding hydrogens is 687 g/mol. The van der Waals surface area contributed by atoms with E-state index in [0.29, 0.717) is 36.7 Å². The van der Waals surface area contributed by atoms with Gasteiger partial charge in [-0.25, -0.2) is 4.21 Å². The van der Waals surface area contributed by atoms with Crippen LogP contribution in [0.4, 0.5) is 0 Å². The van der Waals surface area contributed by atoms with Crippen molar-refractivity contribution in [2.24, 2.45) is 0 Å². The van der Waals surface area contributed by atoms with Crippen molar-refractivity contribution in [1.29, 1.82) is 0 Å². The first-order valence-electron chi connectivity index (χ1n) is 19.1. The molecule has 1 aliphatic carbocycles. The zero-order chi connectivity index (χ0) is 37.8. The number of nitrogens with one attached hydrogen (secondary N) is 1. The number of aromatic nitrogens is 3. The molecule has 2 amide bonds. The fourth-order valence-electron chi connectivity index (χ4n) is 8.43. The van der Waals surface area contributed by atoms with E-state index in [2.05, 4.69) is 54.3 Å². The third kappa shape index (κ3) is 7.10. The predicted molar refractivity (Wildman–Crippen MR) is 212 cm³/mol. The molecule has 53 heavy (non-hydrogen) atoms. The molecule has 11 heteroatoms. The second kappa shape index (κ2) is 14.5. The molecule has 4 aromatic rings. The Morgan fingerprint density at radius 2 is 1.72 bits per heavy atom. The van der Waals surface area contributed by atoms with Gasteiger partial charge in [-0.05, 0) is 120 Å². The van der Waals surface area contributed by atoms with Crippen LogP contribution in [-0.4, -0.2) is 72.9 Å². The zero-order valence-corrected chi connectivity index (χ0v) is 33.1. The van der Waals surface area contributed by atoms with E-state index in [9.17, 15) is 13.8 Å². The monoisotopic (exact) mass is 739 g/mol. The number of nitrogens with zero attached hydrogens (tertiary/aromatic N) is 4. The number of allylic oxidation sites excluding steroid dienone is 1. The van der Waals surface area contributed by atoms with Crippen molar-refractivity contribution in [3.63, 3.8) is 0 Å². The molecule has 4 heterocycles. The van der Waals surface area contributed by atoms with Crippen LogP contribution in [0.3, 0.4) is 0 Å². The highest BCUT2D eigenvalue weighted by molar-refractivity contribution is 7.84. The summed E-state index contributed by atoms with van der Waals surface area (Å²) in [6, 6.07) is 12.1. The second-order valence-electron chi connectivity index (χ2n) is 16.3. The minimum Gasteiger partial charge on any atom is -0.497 e. The lowest BCUT2D eigenvalue weighted by atomic mass is 9.81. The molecule has 7 rings (SSSR count). The highest BCUT2D eigenvalue weighted by atomic mass is 32.2. The average molecular weight is 740 g/mol. The average Bonchev–Trinajstić information content (AvgIpc) is 3.66. The smallest absolute Gasteiger partial charge is 0.263 e. The molecule has 2 fully saturated rings. The van der Waals surface area contributed by atoms with Crippen LogP contribution in [0.15, 0.2) is 42.6 Å². The van der Waals surface area contributed by atoms with Gasteiger partial charge in [0.2, 0.25) is 0 Å². The number of carbonyl (C=O) groups excluding carboxylic acids is 2. The van der Waals surface area contributed by atoms with Gasteiger partial charge in [0.25, 0.3) is 11.8 Å². The predicted octanol–water partition coefficient (Wildman–Crippen LogP) is 7.92. The minimum absolute atomic E-state index is 0.0638. The molecular formula is C42H53N5O5S. The number of hydrogen-bond donors (Lipinski definition) is 1. The number of carbonyl (C=O) groups is 2. The van der Waals surface area contributed by atoms with Crippen molar-refractivity contribution in [3.05, 3.63) is 70.5 Å². The summed E-state index contributed by atoms with van der Waals surface area (Å²) in [4.78, 5) is 30.0. The summed E-state index contributed by atoms with van der Waals surface area (Å²) in [5, 5.41) is 5.80. The molecule has 1 N–H and O–H groups in total. The van der Waals surface area contributed by atoms with E-state index in [0.717, 1.165) is 57.6 Å². The molecule has 3 atom stereocenters. The Labute approximate surface area is 315 Å². The van der Waals surface area contributed by atoms with Gasteiger partial charge in [-0.1, -0.05) is 25.3 Å². The topological polar surface area (TPSA) is 108 Å². The number of ether oxygens (including phenoxy) is 2. The lowest BCUT2D eigenvalue weighted by Gasteiger charge is -2.35. The first-order valence-corrected chi connectivity index (χ1v) is 20.3. The molecule has 3 aliphatic rings. The summed E-state index contributed by atoms with van der Waals surface area (Å²) in [7, 11) is 0.178. The summed E-state index contributed by atoms with van der Waals surface area (Å²) in [6.45, 7) is 15.4. The summed E-state index contributed by atoms with van der Waals surface area (Å²) < 4.78 is 31.5. The van der Waals surface area contributed by atoms with Crippen molar-refractivity contribution in [1.82, 2.24) is 24.0 Å². The van der Waals surface area contributed by atoms with Crippen molar-refractivity contribution < 1.29 is 23.3 Å². The number of benzene rings is 2. The van der Waals surface area contributed by atoms with E-state index in [1.54, 1.807) is 13.3 Å². The van der Waals surface area contributed by atoms with E-state index in [4.69, 9.17) is 14.6 Å². The van der Waals surface area contributed by atoms with Crippen LogP contribution in [0.25, 0.3) is 33.8 Å². The van der Waals surface area contributed by atoms with Crippen molar-refractivity contribution in [2.45, 2.75) is 116 Å². The van der Waals surface area contributed by atoms with Crippen molar-refractivity contribution in [2.75, 3.05) is 20.2 Å². The Bertz CT molecular complexity index is 2110. The standard InChI is InChI=1S/C42H53N5O5S/c1-25(2)53(50)44-40(48)29-14-16-34-36(20-29)46-24-31(18-30-19-32(51-8)15-17-33(30)39(46)37(34)28-12-10-9-11-13-28)38-35(21-43-47(38)42(5,6)7)41(49)45-22-26(3)52-27(4)23-45/h14-21,25-28H,9-13,22-24H2,1-8H3,(H,44,48). The molecule has 2 aromatic heterocycles. The lowest BCUT2D eigenvalue weighted by molar-refractivity contribution is -0.0586. The van der Waals surface area contributed by atoms with Crippen molar-refractivity contribution >= 4 is 45.4 Å². The quantitative estimate of drug-likeness (QED) is 0.207. The van der Waals surface area contributed by atoms with E-state index >= 15 is 0 Å². The Balaban J connectivity index is 1.48. The third-order valence-electron chi connectivity index (χ3n) is 10.8.